The highest BCUT2D eigenvalue weighted by Crippen LogP contribution is 2.40. The molecule has 0 aromatic heterocycles. The molecule has 2 aromatic carbocycles. The van der Waals surface area contributed by atoms with Gasteiger partial charge < -0.3 is 10.1 Å². The fourth-order valence-electron chi connectivity index (χ4n) is 3.57. The minimum absolute atomic E-state index is 0.160. The van der Waals surface area contributed by atoms with Crippen LogP contribution in [-0.2, 0) is 14.8 Å². The van der Waals surface area contributed by atoms with Gasteiger partial charge in [-0.1, -0.05) is 31.0 Å². The van der Waals surface area contributed by atoms with Crippen LogP contribution in [0.4, 0.5) is 24.5 Å². The number of nitrogens with zero attached hydrogens (tertiary/aromatic N) is 1. The van der Waals surface area contributed by atoms with Crippen molar-refractivity contribution in [3.8, 4) is 5.75 Å². The monoisotopic (exact) mass is 442 g/mol. The molecule has 0 saturated heterocycles. The van der Waals surface area contributed by atoms with Crippen LogP contribution in [0.15, 0.2) is 54.6 Å². The second kappa shape index (κ2) is 8.17. The Kier molecular flexibility index (Phi) is 5.98. The van der Waals surface area contributed by atoms with Crippen LogP contribution in [0.2, 0.25) is 0 Å². The number of halogens is 3. The Bertz CT molecular complexity index is 987. The summed E-state index contributed by atoms with van der Waals surface area (Å²) in [6.07, 6.45) is -3.35. The number of sulfonamides is 1. The molecule has 1 saturated carbocycles. The largest absolute Gasteiger partial charge is 0.573 e. The number of alkyl halides is 3. The fraction of sp³-hybridized carbons (Fsp3) is 0.350. The first-order valence-electron chi connectivity index (χ1n) is 9.26. The lowest BCUT2D eigenvalue weighted by molar-refractivity contribution is -0.274. The minimum atomic E-state index is -4.82. The van der Waals surface area contributed by atoms with Crippen molar-refractivity contribution in [2.24, 2.45) is 0 Å². The van der Waals surface area contributed by atoms with Gasteiger partial charge in [-0.05, 0) is 49.2 Å². The van der Waals surface area contributed by atoms with Gasteiger partial charge in [-0.25, -0.2) is 8.42 Å². The molecule has 0 radical (unpaired) electrons. The van der Waals surface area contributed by atoms with Gasteiger partial charge in [-0.15, -0.1) is 13.2 Å². The van der Waals surface area contributed by atoms with Crippen molar-refractivity contribution in [3.05, 3.63) is 54.6 Å². The van der Waals surface area contributed by atoms with E-state index in [1.54, 1.807) is 30.3 Å². The van der Waals surface area contributed by atoms with Gasteiger partial charge in [0.1, 0.15) is 5.75 Å². The van der Waals surface area contributed by atoms with Crippen LogP contribution < -0.4 is 14.4 Å². The standard InChI is InChI=1S/C20H21F3N2O4S/c1-25(16-7-3-2-4-8-16)30(27,28)19(13-5-6-14-19)18(26)24-15-9-11-17(12-10-15)29-20(21,22)23/h2-4,7-12H,5-6,13-14H2,1H3,(H,24,26). The van der Waals surface area contributed by atoms with Crippen molar-refractivity contribution in [2.45, 2.75) is 36.8 Å². The van der Waals surface area contributed by atoms with E-state index < -0.39 is 32.8 Å². The number of rotatable bonds is 6. The maximum Gasteiger partial charge on any atom is 0.573 e. The number of hydrogen-bond donors (Lipinski definition) is 1. The summed E-state index contributed by atoms with van der Waals surface area (Å²) in [5.74, 6) is -1.14. The zero-order valence-corrected chi connectivity index (χ0v) is 17.0. The number of nitrogens with one attached hydrogen (secondary N) is 1. The highest BCUT2D eigenvalue weighted by molar-refractivity contribution is 7.95. The SMILES string of the molecule is CN(c1ccccc1)S(=O)(=O)C1(C(=O)Nc2ccc(OC(F)(F)F)cc2)CCCC1. The maximum absolute atomic E-state index is 13.4. The topological polar surface area (TPSA) is 75.7 Å². The van der Waals surface area contributed by atoms with Crippen molar-refractivity contribution in [1.29, 1.82) is 0 Å². The van der Waals surface area contributed by atoms with E-state index in [0.29, 0.717) is 18.5 Å². The van der Waals surface area contributed by atoms with Crippen LogP contribution in [0, 0.1) is 0 Å². The molecule has 10 heteroatoms. The number of benzene rings is 2. The van der Waals surface area contributed by atoms with E-state index in [-0.39, 0.29) is 18.5 Å². The molecular weight excluding hydrogens is 421 g/mol. The van der Waals surface area contributed by atoms with Crippen LogP contribution in [0.3, 0.4) is 0 Å². The summed E-state index contributed by atoms with van der Waals surface area (Å²) in [6, 6.07) is 13.0. The lowest BCUT2D eigenvalue weighted by Gasteiger charge is -2.33. The molecule has 6 nitrogen and oxygen atoms in total. The molecule has 0 unspecified atom stereocenters. The number of anilines is 2. The summed E-state index contributed by atoms with van der Waals surface area (Å²) >= 11 is 0. The lowest BCUT2D eigenvalue weighted by atomic mass is 10.1. The van der Waals surface area contributed by atoms with Gasteiger partial charge in [0.05, 0.1) is 5.69 Å². The number of carbonyl (C=O) groups is 1. The second-order valence-electron chi connectivity index (χ2n) is 7.04. The molecule has 1 aliphatic rings. The van der Waals surface area contributed by atoms with Crippen molar-refractivity contribution >= 4 is 27.3 Å². The van der Waals surface area contributed by atoms with Crippen LogP contribution in [0.5, 0.6) is 5.75 Å². The number of ether oxygens (including phenoxy) is 1. The third kappa shape index (κ3) is 4.38. The highest BCUT2D eigenvalue weighted by Gasteiger charge is 2.54. The number of para-hydroxylation sites is 1. The molecule has 1 N–H and O–H groups in total. The molecule has 0 spiro atoms. The van der Waals surface area contributed by atoms with Gasteiger partial charge in [-0.3, -0.25) is 9.10 Å². The quantitative estimate of drug-likeness (QED) is 0.724. The van der Waals surface area contributed by atoms with E-state index in [2.05, 4.69) is 10.1 Å². The zero-order chi connectivity index (χ0) is 22.0. The molecule has 162 valence electrons. The third-order valence-corrected chi connectivity index (χ3v) is 7.66. The average Bonchev–Trinajstić information content (AvgIpc) is 3.20. The van der Waals surface area contributed by atoms with E-state index in [1.807, 2.05) is 0 Å². The first kappa shape index (κ1) is 21.9. The summed E-state index contributed by atoms with van der Waals surface area (Å²) in [5, 5.41) is 2.55. The third-order valence-electron chi connectivity index (χ3n) is 5.14. The summed E-state index contributed by atoms with van der Waals surface area (Å²) in [4.78, 5) is 13.1. The van der Waals surface area contributed by atoms with Gasteiger partial charge >= 0.3 is 6.36 Å². The Labute approximate surface area is 172 Å². The van der Waals surface area contributed by atoms with Gasteiger partial charge in [0, 0.05) is 12.7 Å². The fourth-order valence-corrected chi connectivity index (χ4v) is 5.59. The van der Waals surface area contributed by atoms with Gasteiger partial charge in [0.2, 0.25) is 15.9 Å². The lowest BCUT2D eigenvalue weighted by Crippen LogP contribution is -2.53. The van der Waals surface area contributed by atoms with Crippen LogP contribution in [0.1, 0.15) is 25.7 Å². The molecule has 1 aliphatic carbocycles. The first-order chi connectivity index (χ1) is 14.1. The number of carbonyl (C=O) groups excluding carboxylic acids is 1. The van der Waals surface area contributed by atoms with Crippen molar-refractivity contribution in [3.63, 3.8) is 0 Å². The summed E-state index contributed by atoms with van der Waals surface area (Å²) in [5.41, 5.74) is 0.614. The average molecular weight is 442 g/mol. The Hall–Kier alpha value is -2.75. The predicted molar refractivity (Wildman–Crippen MR) is 107 cm³/mol. The zero-order valence-electron chi connectivity index (χ0n) is 16.1. The summed E-state index contributed by atoms with van der Waals surface area (Å²) in [7, 11) is -2.65. The second-order valence-corrected chi connectivity index (χ2v) is 9.32. The van der Waals surface area contributed by atoms with Gasteiger partial charge in [0.15, 0.2) is 4.75 Å². The van der Waals surface area contributed by atoms with E-state index in [1.165, 1.54) is 19.2 Å². The molecule has 0 aliphatic heterocycles. The van der Waals surface area contributed by atoms with Crippen molar-refractivity contribution in [1.82, 2.24) is 0 Å². The Morgan fingerprint density at radius 1 is 1.03 bits per heavy atom. The van der Waals surface area contributed by atoms with Gasteiger partial charge in [0.25, 0.3) is 0 Å². The van der Waals surface area contributed by atoms with Gasteiger partial charge in [-0.2, -0.15) is 0 Å². The highest BCUT2D eigenvalue weighted by atomic mass is 32.2. The Balaban J connectivity index is 1.84. The number of hydrogen-bond acceptors (Lipinski definition) is 4. The first-order valence-corrected chi connectivity index (χ1v) is 10.7. The maximum atomic E-state index is 13.4. The summed E-state index contributed by atoms with van der Waals surface area (Å²) < 4.78 is 67.0. The molecule has 1 fully saturated rings. The van der Waals surface area contributed by atoms with Crippen LogP contribution in [0.25, 0.3) is 0 Å². The van der Waals surface area contributed by atoms with Crippen LogP contribution >= 0.6 is 0 Å². The summed E-state index contributed by atoms with van der Waals surface area (Å²) in [6.45, 7) is 0. The normalized spacial score (nSPS) is 16.1. The predicted octanol–water partition coefficient (Wildman–Crippen LogP) is 4.30. The molecule has 30 heavy (non-hydrogen) atoms. The van der Waals surface area contributed by atoms with E-state index in [0.717, 1.165) is 16.4 Å². The molecular formula is C20H21F3N2O4S. The molecule has 3 rings (SSSR count). The Morgan fingerprint density at radius 3 is 2.13 bits per heavy atom. The molecule has 0 bridgehead atoms. The minimum Gasteiger partial charge on any atom is -0.406 e. The Morgan fingerprint density at radius 2 is 1.60 bits per heavy atom. The van der Waals surface area contributed by atoms with Crippen molar-refractivity contribution in [2.75, 3.05) is 16.7 Å². The number of amides is 1. The van der Waals surface area contributed by atoms with Crippen molar-refractivity contribution < 1.29 is 31.1 Å². The van der Waals surface area contributed by atoms with E-state index in [9.17, 15) is 26.4 Å². The molecule has 2 aromatic rings. The molecule has 0 heterocycles. The van der Waals surface area contributed by atoms with Crippen LogP contribution in [-0.4, -0.2) is 32.5 Å². The van der Waals surface area contributed by atoms with E-state index in [4.69, 9.17) is 0 Å². The van der Waals surface area contributed by atoms with E-state index >= 15 is 0 Å². The molecule has 1 amide bonds. The molecule has 0 atom stereocenters. The smallest absolute Gasteiger partial charge is 0.406 e.